The maximum absolute atomic E-state index is 12.2. The summed E-state index contributed by atoms with van der Waals surface area (Å²) in [5.41, 5.74) is 11.3. The van der Waals surface area contributed by atoms with Crippen molar-refractivity contribution in [3.05, 3.63) is 41.2 Å². The van der Waals surface area contributed by atoms with E-state index < -0.39 is 5.91 Å². The molecule has 3 aromatic rings. The molecule has 0 aliphatic heterocycles. The number of hydrogen-bond acceptors (Lipinski definition) is 5. The summed E-state index contributed by atoms with van der Waals surface area (Å²) in [6.45, 7) is 3.34. The normalized spacial score (nSPS) is 19.7. The van der Waals surface area contributed by atoms with E-state index in [1.807, 2.05) is 12.3 Å². The number of rotatable bonds is 7. The zero-order chi connectivity index (χ0) is 20.4. The molecule has 1 aliphatic rings. The van der Waals surface area contributed by atoms with E-state index >= 15 is 0 Å². The molecule has 0 atom stereocenters. The fourth-order valence-corrected chi connectivity index (χ4v) is 4.98. The third-order valence-corrected chi connectivity index (χ3v) is 6.61. The van der Waals surface area contributed by atoms with Crippen LogP contribution in [-0.4, -0.2) is 41.9 Å². The van der Waals surface area contributed by atoms with Crippen LogP contribution in [0, 0.1) is 6.92 Å². The lowest BCUT2D eigenvalue weighted by atomic mass is 9.92. The van der Waals surface area contributed by atoms with Crippen molar-refractivity contribution in [2.24, 2.45) is 5.73 Å². The number of carbonyl (C=O) groups excluding carboxylic acids is 1. The number of carbonyl (C=O) groups is 1. The zero-order valence-corrected chi connectivity index (χ0v) is 17.7. The van der Waals surface area contributed by atoms with Gasteiger partial charge in [-0.25, -0.2) is 0 Å². The molecule has 4 rings (SSSR count). The number of methoxy groups -OCH3 is 1. The van der Waals surface area contributed by atoms with E-state index in [9.17, 15) is 4.79 Å². The first-order valence-electron chi connectivity index (χ1n) is 10.0. The Bertz CT molecular complexity index is 989. The highest BCUT2D eigenvalue weighted by Gasteiger charge is 2.25. The van der Waals surface area contributed by atoms with Gasteiger partial charge < -0.3 is 19.8 Å². The van der Waals surface area contributed by atoms with Gasteiger partial charge in [-0.1, -0.05) is 0 Å². The van der Waals surface area contributed by atoms with E-state index in [2.05, 4.69) is 28.7 Å². The molecule has 1 amide bonds. The van der Waals surface area contributed by atoms with Crippen LogP contribution in [0.2, 0.25) is 0 Å². The number of nitrogens with zero attached hydrogens (tertiary/aromatic N) is 2. The van der Waals surface area contributed by atoms with Crippen LogP contribution in [0.25, 0.3) is 21.3 Å². The van der Waals surface area contributed by atoms with Crippen molar-refractivity contribution in [3.63, 3.8) is 0 Å². The van der Waals surface area contributed by atoms with Gasteiger partial charge in [0.2, 0.25) is 5.91 Å². The van der Waals surface area contributed by atoms with Gasteiger partial charge in [0.1, 0.15) is 0 Å². The first-order chi connectivity index (χ1) is 14.1. The number of fused-ring (bicyclic) bond motifs is 1. The molecule has 1 aliphatic carbocycles. The van der Waals surface area contributed by atoms with E-state index in [4.69, 9.17) is 15.2 Å². The quantitative estimate of drug-likeness (QED) is 0.585. The Morgan fingerprint density at radius 1 is 1.28 bits per heavy atom. The molecule has 29 heavy (non-hydrogen) atoms. The molecule has 0 unspecified atom stereocenters. The van der Waals surface area contributed by atoms with Gasteiger partial charge in [0, 0.05) is 42.0 Å². The predicted molar refractivity (Wildman–Crippen MR) is 115 cm³/mol. The first-order valence-corrected chi connectivity index (χ1v) is 10.9. The number of nitrogens with two attached hydrogens (primary N) is 1. The minimum atomic E-state index is -0.391. The maximum Gasteiger partial charge on any atom is 0.249 e. The van der Waals surface area contributed by atoms with Crippen molar-refractivity contribution in [1.82, 2.24) is 9.55 Å². The lowest BCUT2D eigenvalue weighted by Gasteiger charge is -2.30. The summed E-state index contributed by atoms with van der Waals surface area (Å²) >= 11 is 1.56. The molecule has 154 valence electrons. The zero-order valence-electron chi connectivity index (χ0n) is 16.9. The van der Waals surface area contributed by atoms with Crippen LogP contribution in [0.4, 0.5) is 0 Å². The molecular weight excluding hydrogens is 386 g/mol. The lowest BCUT2D eigenvalue weighted by molar-refractivity contribution is -0.00619. The van der Waals surface area contributed by atoms with Gasteiger partial charge in [-0.3, -0.25) is 9.78 Å². The summed E-state index contributed by atoms with van der Waals surface area (Å²) in [6, 6.07) is 4.46. The second kappa shape index (κ2) is 8.65. The van der Waals surface area contributed by atoms with E-state index in [-0.39, 0.29) is 0 Å². The minimum Gasteiger partial charge on any atom is -0.382 e. The molecule has 0 saturated heterocycles. The summed E-state index contributed by atoms with van der Waals surface area (Å²) in [6.07, 6.45) is 8.48. The highest BCUT2D eigenvalue weighted by Crippen LogP contribution is 2.38. The molecule has 6 nitrogen and oxygen atoms in total. The lowest BCUT2D eigenvalue weighted by Crippen LogP contribution is -2.24. The minimum absolute atomic E-state index is 0.304. The molecule has 2 heterocycles. The van der Waals surface area contributed by atoms with E-state index in [1.54, 1.807) is 24.0 Å². The molecule has 2 aromatic heterocycles. The van der Waals surface area contributed by atoms with Crippen LogP contribution in [0.3, 0.4) is 0 Å². The van der Waals surface area contributed by atoms with Crippen molar-refractivity contribution in [3.8, 4) is 10.4 Å². The topological polar surface area (TPSA) is 79.4 Å². The van der Waals surface area contributed by atoms with E-state index in [0.717, 1.165) is 52.6 Å². The summed E-state index contributed by atoms with van der Waals surface area (Å²) < 4.78 is 13.3. The molecule has 0 spiro atoms. The molecule has 7 heteroatoms. The van der Waals surface area contributed by atoms with Crippen molar-refractivity contribution in [2.45, 2.75) is 44.8 Å². The Balaban J connectivity index is 1.66. The third kappa shape index (κ3) is 4.08. The molecule has 0 bridgehead atoms. The molecule has 1 saturated carbocycles. The number of benzene rings is 1. The van der Waals surface area contributed by atoms with Gasteiger partial charge >= 0.3 is 0 Å². The highest BCUT2D eigenvalue weighted by atomic mass is 32.1. The fourth-order valence-electron chi connectivity index (χ4n) is 4.37. The smallest absolute Gasteiger partial charge is 0.249 e. The Hall–Kier alpha value is -2.22. The molecule has 2 N–H and O–H groups in total. The Morgan fingerprint density at radius 2 is 2.07 bits per heavy atom. The van der Waals surface area contributed by atoms with Crippen molar-refractivity contribution in [1.29, 1.82) is 0 Å². The number of hydrogen-bond donors (Lipinski definition) is 1. The van der Waals surface area contributed by atoms with Crippen LogP contribution in [0.1, 0.15) is 47.6 Å². The number of amides is 1. The number of thiazole rings is 1. The van der Waals surface area contributed by atoms with Crippen LogP contribution in [0.5, 0.6) is 0 Å². The second-order valence-corrected chi connectivity index (χ2v) is 8.55. The van der Waals surface area contributed by atoms with Crippen LogP contribution in [0.15, 0.2) is 30.0 Å². The largest absolute Gasteiger partial charge is 0.382 e. The molecule has 1 aromatic carbocycles. The third-order valence-electron chi connectivity index (χ3n) is 5.78. The van der Waals surface area contributed by atoms with Gasteiger partial charge in [0.05, 0.1) is 29.7 Å². The standard InChI is InChI=1S/C22H27N3O3S/c1-14-12-25(16-3-5-17(6-4-16)28-8-7-27-2)19-10-15(20-11-24-13-29-20)9-18(21(14)19)22(23)26/h9-13,16-17H,3-8H2,1-2H3,(H2,23,26). The van der Waals surface area contributed by atoms with Crippen LogP contribution >= 0.6 is 11.3 Å². The maximum atomic E-state index is 12.2. The second-order valence-electron chi connectivity index (χ2n) is 7.66. The molecule has 0 radical (unpaired) electrons. The monoisotopic (exact) mass is 413 g/mol. The Morgan fingerprint density at radius 3 is 2.72 bits per heavy atom. The van der Waals surface area contributed by atoms with Crippen LogP contribution in [-0.2, 0) is 9.47 Å². The number of aromatic nitrogens is 2. The van der Waals surface area contributed by atoms with Gasteiger partial charge in [0.15, 0.2) is 0 Å². The van der Waals surface area contributed by atoms with Gasteiger partial charge in [-0.15, -0.1) is 11.3 Å². The van der Waals surface area contributed by atoms with E-state index in [0.29, 0.717) is 30.9 Å². The average Bonchev–Trinajstić information content (AvgIpc) is 3.37. The summed E-state index contributed by atoms with van der Waals surface area (Å²) in [5.74, 6) is -0.391. The Labute approximate surface area is 174 Å². The van der Waals surface area contributed by atoms with Crippen LogP contribution < -0.4 is 5.73 Å². The summed E-state index contributed by atoms with van der Waals surface area (Å²) in [7, 11) is 1.70. The average molecular weight is 414 g/mol. The van der Waals surface area contributed by atoms with Crippen molar-refractivity contribution in [2.75, 3.05) is 20.3 Å². The van der Waals surface area contributed by atoms with Gasteiger partial charge in [-0.05, 0) is 55.9 Å². The first kappa shape index (κ1) is 20.1. The number of primary amides is 1. The number of aryl methyl sites for hydroxylation is 1. The van der Waals surface area contributed by atoms with Crippen molar-refractivity contribution < 1.29 is 14.3 Å². The van der Waals surface area contributed by atoms with Gasteiger partial charge in [-0.2, -0.15) is 0 Å². The molecule has 1 fully saturated rings. The number of ether oxygens (including phenoxy) is 2. The predicted octanol–water partition coefficient (Wildman–Crippen LogP) is 4.32. The fraction of sp³-hybridized carbons (Fsp3) is 0.455. The molecular formula is C22H27N3O3S. The summed E-state index contributed by atoms with van der Waals surface area (Å²) in [4.78, 5) is 17.4. The Kier molecular flexibility index (Phi) is 5.99. The van der Waals surface area contributed by atoms with Gasteiger partial charge in [0.25, 0.3) is 0 Å². The van der Waals surface area contributed by atoms with E-state index in [1.165, 1.54) is 0 Å². The van der Waals surface area contributed by atoms with Crippen molar-refractivity contribution >= 4 is 28.1 Å². The highest BCUT2D eigenvalue weighted by molar-refractivity contribution is 7.13. The summed E-state index contributed by atoms with van der Waals surface area (Å²) in [5, 5.41) is 0.962. The SMILES string of the molecule is COCCOC1CCC(n2cc(C)c3c(C(N)=O)cc(-c4cncs4)cc32)CC1.